The predicted octanol–water partition coefficient (Wildman–Crippen LogP) is 3.47. The van der Waals surface area contributed by atoms with Gasteiger partial charge in [-0.3, -0.25) is 4.90 Å². The zero-order valence-electron chi connectivity index (χ0n) is 16.5. The summed E-state index contributed by atoms with van der Waals surface area (Å²) in [4.78, 5) is 2.22. The molecule has 1 aromatic rings. The van der Waals surface area contributed by atoms with Crippen molar-refractivity contribution >= 4 is 0 Å². The van der Waals surface area contributed by atoms with Crippen molar-refractivity contribution in [3.63, 3.8) is 0 Å². The topological polar surface area (TPSA) is 41.9 Å². The fourth-order valence-corrected chi connectivity index (χ4v) is 3.76. The van der Waals surface area contributed by atoms with E-state index in [1.807, 2.05) is 12.1 Å². The molecule has 1 aliphatic rings. The lowest BCUT2D eigenvalue weighted by atomic mass is 9.72. The molecule has 4 nitrogen and oxygen atoms in total. The molecule has 1 aliphatic heterocycles. The van der Waals surface area contributed by atoms with Crippen molar-refractivity contribution in [2.45, 2.75) is 52.6 Å². The van der Waals surface area contributed by atoms with Gasteiger partial charge in [0.1, 0.15) is 18.5 Å². The van der Waals surface area contributed by atoms with Crippen molar-refractivity contribution in [3.8, 4) is 5.75 Å². The van der Waals surface area contributed by atoms with E-state index in [1.165, 1.54) is 5.56 Å². The van der Waals surface area contributed by atoms with Gasteiger partial charge in [-0.05, 0) is 34.9 Å². The highest BCUT2D eigenvalue weighted by Crippen LogP contribution is 2.36. The molecule has 4 heteroatoms. The summed E-state index contributed by atoms with van der Waals surface area (Å²) in [6, 6.07) is 8.33. The third kappa shape index (κ3) is 6.96. The first-order chi connectivity index (χ1) is 11.7. The third-order valence-electron chi connectivity index (χ3n) is 4.62. The number of morpholine rings is 1. The van der Waals surface area contributed by atoms with Crippen LogP contribution in [0.2, 0.25) is 0 Å². The van der Waals surface area contributed by atoms with Crippen molar-refractivity contribution in [3.05, 3.63) is 29.8 Å². The number of aliphatic hydroxyl groups excluding tert-OH is 1. The molecule has 0 amide bonds. The van der Waals surface area contributed by atoms with Gasteiger partial charge in [0.15, 0.2) is 0 Å². The molecule has 0 bridgehead atoms. The summed E-state index contributed by atoms with van der Waals surface area (Å²) in [5, 5.41) is 10.2. The third-order valence-corrected chi connectivity index (χ3v) is 4.62. The van der Waals surface area contributed by atoms with Crippen LogP contribution in [0.1, 0.15) is 46.6 Å². The molecule has 1 heterocycles. The zero-order valence-corrected chi connectivity index (χ0v) is 16.5. The molecule has 1 fully saturated rings. The lowest BCUT2D eigenvalue weighted by Gasteiger charge is -2.33. The van der Waals surface area contributed by atoms with Crippen LogP contribution in [0.3, 0.4) is 0 Å². The zero-order chi connectivity index (χ0) is 18.5. The highest BCUT2D eigenvalue weighted by atomic mass is 16.5. The highest BCUT2D eigenvalue weighted by molar-refractivity contribution is 5.31. The molecular formula is C21H35NO3. The average molecular weight is 350 g/mol. The Balaban J connectivity index is 1.83. The SMILES string of the molecule is CC(C)(C)CC(C)(C)c1ccc(OC[C@H](O)CN2CCOCC2)cc1. The number of nitrogens with zero attached hydrogens (tertiary/aromatic N) is 1. The van der Waals surface area contributed by atoms with Crippen LogP contribution in [0, 0.1) is 5.41 Å². The Bertz CT molecular complexity index is 513. The van der Waals surface area contributed by atoms with Gasteiger partial charge >= 0.3 is 0 Å². The summed E-state index contributed by atoms with van der Waals surface area (Å²) in [7, 11) is 0. The first-order valence-electron chi connectivity index (χ1n) is 9.37. The average Bonchev–Trinajstić information content (AvgIpc) is 2.52. The van der Waals surface area contributed by atoms with Gasteiger partial charge in [-0.15, -0.1) is 0 Å². The first kappa shape index (κ1) is 20.2. The van der Waals surface area contributed by atoms with Gasteiger partial charge in [-0.2, -0.15) is 0 Å². The van der Waals surface area contributed by atoms with E-state index in [0.717, 1.165) is 38.5 Å². The Kier molecular flexibility index (Phi) is 6.89. The van der Waals surface area contributed by atoms with E-state index in [4.69, 9.17) is 9.47 Å². The van der Waals surface area contributed by atoms with Gasteiger partial charge in [-0.25, -0.2) is 0 Å². The first-order valence-corrected chi connectivity index (χ1v) is 9.37. The van der Waals surface area contributed by atoms with E-state index >= 15 is 0 Å². The number of hydrogen-bond acceptors (Lipinski definition) is 4. The fraction of sp³-hybridized carbons (Fsp3) is 0.714. The Morgan fingerprint density at radius 2 is 1.68 bits per heavy atom. The Labute approximate surface area is 153 Å². The summed E-state index contributed by atoms with van der Waals surface area (Å²) >= 11 is 0. The van der Waals surface area contributed by atoms with E-state index in [9.17, 15) is 5.11 Å². The summed E-state index contributed by atoms with van der Waals surface area (Å²) in [6.45, 7) is 15.6. The van der Waals surface area contributed by atoms with E-state index < -0.39 is 6.10 Å². The van der Waals surface area contributed by atoms with Crippen LogP contribution in [0.4, 0.5) is 0 Å². The maximum Gasteiger partial charge on any atom is 0.119 e. The van der Waals surface area contributed by atoms with Crippen molar-refractivity contribution in [2.24, 2.45) is 5.41 Å². The van der Waals surface area contributed by atoms with Crippen LogP contribution in [-0.2, 0) is 10.2 Å². The van der Waals surface area contributed by atoms with Crippen LogP contribution >= 0.6 is 0 Å². The van der Waals surface area contributed by atoms with Crippen LogP contribution in [-0.4, -0.2) is 55.6 Å². The van der Waals surface area contributed by atoms with E-state index in [2.05, 4.69) is 51.7 Å². The minimum Gasteiger partial charge on any atom is -0.491 e. The molecule has 1 N–H and O–H groups in total. The summed E-state index contributed by atoms with van der Waals surface area (Å²) in [5.74, 6) is 0.816. The fourth-order valence-electron chi connectivity index (χ4n) is 3.76. The van der Waals surface area contributed by atoms with Gasteiger partial charge in [0, 0.05) is 19.6 Å². The standard InChI is InChI=1S/C21H35NO3/c1-20(2,3)16-21(4,5)17-6-8-19(9-7-17)25-15-18(23)14-22-10-12-24-13-11-22/h6-9,18,23H,10-16H2,1-5H3/t18-/m1/s1. The van der Waals surface area contributed by atoms with Crippen LogP contribution in [0.25, 0.3) is 0 Å². The quantitative estimate of drug-likeness (QED) is 0.818. The van der Waals surface area contributed by atoms with E-state index in [-0.39, 0.29) is 5.41 Å². The molecule has 0 spiro atoms. The minimum atomic E-state index is -0.477. The van der Waals surface area contributed by atoms with Crippen molar-refractivity contribution < 1.29 is 14.6 Å². The van der Waals surface area contributed by atoms with Gasteiger partial charge in [0.05, 0.1) is 13.2 Å². The summed E-state index contributed by atoms with van der Waals surface area (Å²) < 4.78 is 11.1. The van der Waals surface area contributed by atoms with Crippen molar-refractivity contribution in [2.75, 3.05) is 39.5 Å². The molecule has 1 atom stereocenters. The smallest absolute Gasteiger partial charge is 0.119 e. The summed E-state index contributed by atoms with van der Waals surface area (Å²) in [5.41, 5.74) is 1.75. The van der Waals surface area contributed by atoms with E-state index in [1.54, 1.807) is 0 Å². The molecule has 0 radical (unpaired) electrons. The van der Waals surface area contributed by atoms with Crippen molar-refractivity contribution in [1.82, 2.24) is 4.90 Å². The second kappa shape index (κ2) is 8.52. The molecule has 142 valence electrons. The monoisotopic (exact) mass is 349 g/mol. The van der Waals surface area contributed by atoms with Gasteiger partial charge in [0.25, 0.3) is 0 Å². The predicted molar refractivity (Wildman–Crippen MR) is 102 cm³/mol. The number of hydrogen-bond donors (Lipinski definition) is 1. The van der Waals surface area contributed by atoms with E-state index in [0.29, 0.717) is 18.6 Å². The molecule has 0 aromatic heterocycles. The number of benzene rings is 1. The largest absolute Gasteiger partial charge is 0.491 e. The van der Waals surface area contributed by atoms with Gasteiger partial charge in [-0.1, -0.05) is 46.8 Å². The van der Waals surface area contributed by atoms with Crippen LogP contribution in [0.15, 0.2) is 24.3 Å². The summed E-state index contributed by atoms with van der Waals surface area (Å²) in [6.07, 6.45) is 0.647. The molecule has 0 saturated carbocycles. The van der Waals surface area contributed by atoms with Crippen LogP contribution in [0.5, 0.6) is 5.75 Å². The maximum absolute atomic E-state index is 10.2. The molecule has 2 rings (SSSR count). The number of rotatable bonds is 7. The normalized spacial score (nSPS) is 18.2. The second-order valence-corrected chi connectivity index (χ2v) is 9.02. The Morgan fingerprint density at radius 1 is 1.08 bits per heavy atom. The molecule has 0 aliphatic carbocycles. The highest BCUT2D eigenvalue weighted by Gasteiger charge is 2.27. The molecule has 1 aromatic carbocycles. The molecule has 1 saturated heterocycles. The van der Waals surface area contributed by atoms with Gasteiger partial charge < -0.3 is 14.6 Å². The maximum atomic E-state index is 10.2. The Morgan fingerprint density at radius 3 is 2.24 bits per heavy atom. The van der Waals surface area contributed by atoms with Crippen LogP contribution < -0.4 is 4.74 Å². The van der Waals surface area contributed by atoms with Gasteiger partial charge in [0.2, 0.25) is 0 Å². The Hall–Kier alpha value is -1.10. The lowest BCUT2D eigenvalue weighted by molar-refractivity contribution is 0.00465. The van der Waals surface area contributed by atoms with Crippen molar-refractivity contribution in [1.29, 1.82) is 0 Å². The minimum absolute atomic E-state index is 0.132. The lowest BCUT2D eigenvalue weighted by Crippen LogP contribution is -2.42. The molecule has 0 unspecified atom stereocenters. The number of β-amino-alcohol motifs (C(OH)–C–C–N with tert-alkyl or cyclic N) is 1. The number of aliphatic hydroxyl groups is 1. The number of ether oxygens (including phenoxy) is 2. The molecule has 25 heavy (non-hydrogen) atoms. The molecular weight excluding hydrogens is 314 g/mol. The second-order valence-electron chi connectivity index (χ2n) is 9.02.